The standard InChI is InChI=1S/C17H27N3O2/c1-3-12(2)15(18)17-20-14(11-22-17)16(21)19-10-9-13-7-5-4-6-8-13/h7,11-12,15H,3-6,8-10,18H2,1-2H3,(H,19,21). The highest BCUT2D eigenvalue weighted by molar-refractivity contribution is 5.91. The Hall–Kier alpha value is -1.62. The number of nitrogens with zero attached hydrogens (tertiary/aromatic N) is 1. The van der Waals surface area contributed by atoms with Crippen LogP contribution in [0.15, 0.2) is 22.3 Å². The summed E-state index contributed by atoms with van der Waals surface area (Å²) < 4.78 is 5.36. The first-order chi connectivity index (χ1) is 10.6. The molecule has 0 aromatic carbocycles. The Balaban J connectivity index is 1.82. The van der Waals surface area contributed by atoms with Crippen LogP contribution in [0.1, 0.15) is 74.8 Å². The quantitative estimate of drug-likeness (QED) is 0.757. The van der Waals surface area contributed by atoms with Crippen LogP contribution in [0.3, 0.4) is 0 Å². The van der Waals surface area contributed by atoms with Gasteiger partial charge in [-0.15, -0.1) is 0 Å². The first-order valence-corrected chi connectivity index (χ1v) is 8.29. The zero-order chi connectivity index (χ0) is 15.9. The zero-order valence-electron chi connectivity index (χ0n) is 13.6. The molecule has 1 amide bonds. The van der Waals surface area contributed by atoms with Crippen LogP contribution >= 0.6 is 0 Å². The van der Waals surface area contributed by atoms with Gasteiger partial charge in [-0.05, 0) is 38.0 Å². The van der Waals surface area contributed by atoms with E-state index in [-0.39, 0.29) is 17.9 Å². The molecule has 0 saturated carbocycles. The number of allylic oxidation sites excluding steroid dienone is 1. The normalized spacial score (nSPS) is 17.7. The van der Waals surface area contributed by atoms with Crippen LogP contribution in [0, 0.1) is 5.92 Å². The van der Waals surface area contributed by atoms with E-state index < -0.39 is 0 Å². The Kier molecular flexibility index (Phi) is 6.19. The van der Waals surface area contributed by atoms with E-state index in [2.05, 4.69) is 23.3 Å². The van der Waals surface area contributed by atoms with E-state index in [1.807, 2.05) is 6.92 Å². The van der Waals surface area contributed by atoms with Gasteiger partial charge in [-0.2, -0.15) is 0 Å². The SMILES string of the molecule is CCC(C)C(N)c1nc(C(=O)NCCC2=CCCCC2)co1. The summed E-state index contributed by atoms with van der Waals surface area (Å²) in [4.78, 5) is 16.3. The van der Waals surface area contributed by atoms with Crippen molar-refractivity contribution < 1.29 is 9.21 Å². The molecule has 1 aromatic rings. The van der Waals surface area contributed by atoms with Crippen molar-refractivity contribution in [2.75, 3.05) is 6.54 Å². The second kappa shape index (κ2) is 8.13. The second-order valence-electron chi connectivity index (χ2n) is 6.10. The first kappa shape index (κ1) is 16.7. The lowest BCUT2D eigenvalue weighted by molar-refractivity contribution is 0.0949. The van der Waals surface area contributed by atoms with E-state index in [9.17, 15) is 4.79 Å². The third-order valence-electron chi connectivity index (χ3n) is 4.41. The summed E-state index contributed by atoms with van der Waals surface area (Å²) in [5.41, 5.74) is 7.83. The van der Waals surface area contributed by atoms with Crippen molar-refractivity contribution in [3.63, 3.8) is 0 Å². The number of hydrogen-bond donors (Lipinski definition) is 2. The number of nitrogens with two attached hydrogens (primary N) is 1. The van der Waals surface area contributed by atoms with Crippen molar-refractivity contribution in [2.24, 2.45) is 11.7 Å². The van der Waals surface area contributed by atoms with Gasteiger partial charge in [-0.25, -0.2) is 4.98 Å². The molecule has 1 heterocycles. The van der Waals surface area contributed by atoms with Crippen LogP contribution in [-0.4, -0.2) is 17.4 Å². The molecule has 0 aliphatic heterocycles. The van der Waals surface area contributed by atoms with E-state index in [4.69, 9.17) is 10.2 Å². The molecule has 22 heavy (non-hydrogen) atoms. The molecule has 0 fully saturated rings. The van der Waals surface area contributed by atoms with Crippen LogP contribution in [0.5, 0.6) is 0 Å². The highest BCUT2D eigenvalue weighted by Crippen LogP contribution is 2.21. The van der Waals surface area contributed by atoms with Crippen molar-refractivity contribution in [1.29, 1.82) is 0 Å². The molecule has 0 spiro atoms. The molecule has 2 unspecified atom stereocenters. The Bertz CT molecular complexity index is 522. The molecule has 2 atom stereocenters. The zero-order valence-corrected chi connectivity index (χ0v) is 13.6. The van der Waals surface area contributed by atoms with Crippen molar-refractivity contribution >= 4 is 5.91 Å². The summed E-state index contributed by atoms with van der Waals surface area (Å²) in [6.07, 6.45) is 10.4. The molecule has 0 bridgehead atoms. The molecular weight excluding hydrogens is 278 g/mol. The minimum atomic E-state index is -0.265. The van der Waals surface area contributed by atoms with Gasteiger partial charge in [0.1, 0.15) is 6.26 Å². The Morgan fingerprint density at radius 2 is 2.32 bits per heavy atom. The minimum Gasteiger partial charge on any atom is -0.446 e. The largest absolute Gasteiger partial charge is 0.446 e. The van der Waals surface area contributed by atoms with E-state index >= 15 is 0 Å². The van der Waals surface area contributed by atoms with Crippen molar-refractivity contribution in [3.8, 4) is 0 Å². The maximum Gasteiger partial charge on any atom is 0.273 e. The molecule has 1 aliphatic rings. The van der Waals surface area contributed by atoms with Gasteiger partial charge in [-0.3, -0.25) is 4.79 Å². The number of amides is 1. The van der Waals surface area contributed by atoms with Gasteiger partial charge < -0.3 is 15.5 Å². The van der Waals surface area contributed by atoms with Crippen molar-refractivity contribution in [2.45, 2.75) is 58.4 Å². The molecule has 5 heteroatoms. The maximum atomic E-state index is 12.1. The predicted octanol–water partition coefficient (Wildman–Crippen LogP) is 3.34. The van der Waals surface area contributed by atoms with Gasteiger partial charge in [0.2, 0.25) is 5.89 Å². The molecule has 122 valence electrons. The molecule has 3 N–H and O–H groups in total. The molecule has 0 radical (unpaired) electrons. The number of carbonyl (C=O) groups is 1. The highest BCUT2D eigenvalue weighted by atomic mass is 16.3. The molecule has 1 aromatic heterocycles. The minimum absolute atomic E-state index is 0.192. The summed E-state index contributed by atoms with van der Waals surface area (Å²) >= 11 is 0. The van der Waals surface area contributed by atoms with Gasteiger partial charge in [0, 0.05) is 6.54 Å². The Morgan fingerprint density at radius 1 is 1.50 bits per heavy atom. The van der Waals surface area contributed by atoms with Gasteiger partial charge >= 0.3 is 0 Å². The van der Waals surface area contributed by atoms with Crippen LogP contribution in [-0.2, 0) is 0 Å². The Morgan fingerprint density at radius 3 is 3.00 bits per heavy atom. The van der Waals surface area contributed by atoms with Crippen LogP contribution in [0.2, 0.25) is 0 Å². The van der Waals surface area contributed by atoms with Gasteiger partial charge in [0.05, 0.1) is 6.04 Å². The molecule has 5 nitrogen and oxygen atoms in total. The molecule has 1 aliphatic carbocycles. The molecule has 2 rings (SSSR count). The summed E-state index contributed by atoms with van der Waals surface area (Å²) in [7, 11) is 0. The lowest BCUT2D eigenvalue weighted by Crippen LogP contribution is -2.25. The number of carbonyl (C=O) groups excluding carboxylic acids is 1. The van der Waals surface area contributed by atoms with Crippen LogP contribution in [0.4, 0.5) is 0 Å². The van der Waals surface area contributed by atoms with E-state index in [1.54, 1.807) is 0 Å². The van der Waals surface area contributed by atoms with E-state index in [0.29, 0.717) is 18.1 Å². The second-order valence-corrected chi connectivity index (χ2v) is 6.10. The molecular formula is C17H27N3O2. The van der Waals surface area contributed by atoms with E-state index in [0.717, 1.165) is 19.3 Å². The fourth-order valence-corrected chi connectivity index (χ4v) is 2.60. The van der Waals surface area contributed by atoms with Crippen molar-refractivity contribution in [3.05, 3.63) is 29.5 Å². The van der Waals surface area contributed by atoms with Gasteiger partial charge in [-0.1, -0.05) is 31.9 Å². The lowest BCUT2D eigenvalue weighted by atomic mass is 9.97. The van der Waals surface area contributed by atoms with Crippen molar-refractivity contribution in [1.82, 2.24) is 10.3 Å². The number of rotatable bonds is 7. The lowest BCUT2D eigenvalue weighted by Gasteiger charge is -2.14. The van der Waals surface area contributed by atoms with Crippen LogP contribution < -0.4 is 11.1 Å². The van der Waals surface area contributed by atoms with Crippen LogP contribution in [0.25, 0.3) is 0 Å². The van der Waals surface area contributed by atoms with Gasteiger partial charge in [0.15, 0.2) is 5.69 Å². The number of aromatic nitrogens is 1. The molecule has 0 saturated heterocycles. The van der Waals surface area contributed by atoms with E-state index in [1.165, 1.54) is 31.1 Å². The average molecular weight is 305 g/mol. The summed E-state index contributed by atoms with van der Waals surface area (Å²) in [5, 5.41) is 2.90. The summed E-state index contributed by atoms with van der Waals surface area (Å²) in [6, 6.07) is -0.265. The fraction of sp³-hybridized carbons (Fsp3) is 0.647. The predicted molar refractivity (Wildman–Crippen MR) is 86.4 cm³/mol. The average Bonchev–Trinajstić information content (AvgIpc) is 3.04. The first-order valence-electron chi connectivity index (χ1n) is 8.29. The third-order valence-corrected chi connectivity index (χ3v) is 4.41. The fourth-order valence-electron chi connectivity index (χ4n) is 2.60. The van der Waals surface area contributed by atoms with Gasteiger partial charge in [0.25, 0.3) is 5.91 Å². The number of nitrogens with one attached hydrogen (secondary N) is 1. The highest BCUT2D eigenvalue weighted by Gasteiger charge is 2.20. The number of oxazole rings is 1. The summed E-state index contributed by atoms with van der Waals surface area (Å²) in [5.74, 6) is 0.519. The monoisotopic (exact) mass is 305 g/mol. The summed E-state index contributed by atoms with van der Waals surface area (Å²) in [6.45, 7) is 4.76. The maximum absolute atomic E-state index is 12.1. The number of hydrogen-bond acceptors (Lipinski definition) is 4. The smallest absolute Gasteiger partial charge is 0.273 e. The third kappa shape index (κ3) is 4.44. The topological polar surface area (TPSA) is 81.1 Å². The Labute approximate surface area is 132 Å².